The minimum absolute atomic E-state index is 0.00940. The number of nitrogens with two attached hydrogens (primary N) is 1. The Bertz CT molecular complexity index is 1270. The van der Waals surface area contributed by atoms with E-state index in [1.54, 1.807) is 25.9 Å². The third-order valence-electron chi connectivity index (χ3n) is 8.25. The molecule has 2 unspecified atom stereocenters. The monoisotopic (exact) mass is 527 g/mol. The van der Waals surface area contributed by atoms with Gasteiger partial charge in [0.1, 0.15) is 5.75 Å². The van der Waals surface area contributed by atoms with Crippen LogP contribution in [0.3, 0.4) is 0 Å². The molecule has 11 heteroatoms. The van der Waals surface area contributed by atoms with E-state index in [0.717, 1.165) is 0 Å². The molecule has 0 aromatic heterocycles. The number of hydrogen-bond donors (Lipinski definition) is 3. The highest BCUT2D eigenvalue weighted by atomic mass is 16.3. The molecule has 4 rings (SSSR count). The number of Topliss-reactive ketones (excluding diaryl/α,β-unsaturated/α-hetero) is 4. The number of amides is 2. The van der Waals surface area contributed by atoms with Crippen molar-refractivity contribution < 1.29 is 39.0 Å². The van der Waals surface area contributed by atoms with Gasteiger partial charge in [-0.3, -0.25) is 28.8 Å². The lowest BCUT2D eigenvalue weighted by Crippen LogP contribution is -2.68. The predicted molar refractivity (Wildman–Crippen MR) is 135 cm³/mol. The van der Waals surface area contributed by atoms with Crippen LogP contribution in [-0.4, -0.2) is 82.8 Å². The first-order chi connectivity index (χ1) is 17.8. The highest BCUT2D eigenvalue weighted by Gasteiger charge is 2.66. The van der Waals surface area contributed by atoms with Crippen molar-refractivity contribution in [3.05, 3.63) is 22.8 Å². The smallest absolute Gasteiger partial charge is 0.257 e. The highest BCUT2D eigenvalue weighted by molar-refractivity contribution is 6.31. The average Bonchev–Trinajstić information content (AvgIpc) is 2.84. The molecule has 0 aliphatic heterocycles. The van der Waals surface area contributed by atoms with E-state index in [4.69, 9.17) is 5.73 Å². The first-order valence-corrected chi connectivity index (χ1v) is 12.8. The molecular weight excluding hydrogens is 494 g/mol. The molecule has 2 saturated carbocycles. The number of primary amides is 1. The van der Waals surface area contributed by atoms with Crippen molar-refractivity contribution in [2.45, 2.75) is 45.1 Å². The van der Waals surface area contributed by atoms with Gasteiger partial charge in [-0.05, 0) is 43.7 Å². The van der Waals surface area contributed by atoms with Crippen molar-refractivity contribution in [1.82, 2.24) is 4.90 Å². The zero-order valence-corrected chi connectivity index (χ0v) is 21.9. The lowest BCUT2D eigenvalue weighted by molar-refractivity contribution is -0.175. The molecule has 0 saturated heterocycles. The van der Waals surface area contributed by atoms with Crippen LogP contribution in [-0.2, 0) is 25.6 Å². The van der Waals surface area contributed by atoms with Gasteiger partial charge in [0.05, 0.1) is 17.0 Å². The number of benzene rings is 1. The Morgan fingerprint density at radius 3 is 2.32 bits per heavy atom. The Labute approximate surface area is 219 Å². The van der Waals surface area contributed by atoms with E-state index < -0.39 is 76.4 Å². The number of phenols is 1. The molecule has 4 N–H and O–H groups in total. The van der Waals surface area contributed by atoms with Crippen molar-refractivity contribution in [1.29, 1.82) is 0 Å². The van der Waals surface area contributed by atoms with Crippen LogP contribution in [0.5, 0.6) is 5.75 Å². The molecule has 1 aromatic rings. The lowest BCUT2D eigenvalue weighted by Gasteiger charge is -2.48. The largest absolute Gasteiger partial charge is 0.506 e. The number of hydrogen-bond acceptors (Lipinski definition) is 9. The summed E-state index contributed by atoms with van der Waals surface area (Å²) in [6.07, 6.45) is 0.449. The third-order valence-corrected chi connectivity index (χ3v) is 8.25. The fourth-order valence-electron chi connectivity index (χ4n) is 6.42. The van der Waals surface area contributed by atoms with Crippen LogP contribution in [0, 0.1) is 23.7 Å². The summed E-state index contributed by atoms with van der Waals surface area (Å²) in [5.74, 6) is -11.4. The van der Waals surface area contributed by atoms with E-state index in [-0.39, 0.29) is 24.0 Å². The van der Waals surface area contributed by atoms with E-state index in [2.05, 4.69) is 0 Å². The maximum atomic E-state index is 13.9. The lowest BCUT2D eigenvalue weighted by atomic mass is 9.53. The second-order valence-corrected chi connectivity index (χ2v) is 10.7. The van der Waals surface area contributed by atoms with Gasteiger partial charge >= 0.3 is 0 Å². The van der Waals surface area contributed by atoms with Gasteiger partial charge in [-0.1, -0.05) is 6.92 Å². The van der Waals surface area contributed by atoms with Crippen LogP contribution in [0.1, 0.15) is 59.4 Å². The van der Waals surface area contributed by atoms with Gasteiger partial charge in [0.2, 0.25) is 5.91 Å². The van der Waals surface area contributed by atoms with Gasteiger partial charge in [0, 0.05) is 45.2 Å². The number of ketones is 4. The zero-order valence-electron chi connectivity index (χ0n) is 21.9. The Balaban J connectivity index is 1.85. The van der Waals surface area contributed by atoms with Gasteiger partial charge in [-0.25, -0.2) is 0 Å². The van der Waals surface area contributed by atoms with Crippen LogP contribution >= 0.6 is 0 Å². The number of aromatic hydroxyl groups is 1. The fraction of sp³-hybridized carbons (Fsp3) is 0.556. The van der Waals surface area contributed by atoms with Gasteiger partial charge < -0.3 is 25.7 Å². The van der Waals surface area contributed by atoms with Crippen molar-refractivity contribution >= 4 is 40.6 Å². The van der Waals surface area contributed by atoms with Crippen LogP contribution in [0.25, 0.3) is 0 Å². The maximum Gasteiger partial charge on any atom is 0.257 e. The Morgan fingerprint density at radius 2 is 1.76 bits per heavy atom. The predicted octanol–water partition coefficient (Wildman–Crippen LogP) is 0.265. The summed E-state index contributed by atoms with van der Waals surface area (Å²) in [4.78, 5) is 81.5. The summed E-state index contributed by atoms with van der Waals surface area (Å²) in [5.41, 5.74) is 3.22. The summed E-state index contributed by atoms with van der Waals surface area (Å²) in [5, 5.41) is 22.6. The van der Waals surface area contributed by atoms with E-state index >= 15 is 0 Å². The molecule has 3 aliphatic carbocycles. The highest BCUT2D eigenvalue weighted by Crippen LogP contribution is 2.51. The Morgan fingerprint density at radius 1 is 1.11 bits per heavy atom. The molecule has 0 bridgehead atoms. The molecule has 204 valence electrons. The van der Waals surface area contributed by atoms with Crippen molar-refractivity contribution in [3.8, 4) is 5.75 Å². The van der Waals surface area contributed by atoms with Crippen LogP contribution in [0.15, 0.2) is 6.07 Å². The topological polar surface area (TPSA) is 175 Å². The van der Waals surface area contributed by atoms with Gasteiger partial charge in [-0.2, -0.15) is 0 Å². The van der Waals surface area contributed by atoms with E-state index in [0.29, 0.717) is 30.8 Å². The van der Waals surface area contributed by atoms with Crippen molar-refractivity contribution in [3.63, 3.8) is 0 Å². The first kappa shape index (κ1) is 27.4. The second kappa shape index (κ2) is 9.61. The van der Waals surface area contributed by atoms with Gasteiger partial charge in [-0.15, -0.1) is 0 Å². The number of carbonyl (C=O) groups is 6. The first-order valence-electron chi connectivity index (χ1n) is 12.8. The maximum absolute atomic E-state index is 13.9. The number of rotatable bonds is 6. The van der Waals surface area contributed by atoms with E-state index in [1.165, 1.54) is 11.0 Å². The van der Waals surface area contributed by atoms with Crippen LogP contribution in [0.4, 0.5) is 5.69 Å². The molecule has 0 spiro atoms. The average molecular weight is 528 g/mol. The number of carbonyl (C=O) groups excluding carboxylic acids is 6. The molecule has 2 amide bonds. The zero-order chi connectivity index (χ0) is 28.3. The van der Waals surface area contributed by atoms with Crippen LogP contribution in [0.2, 0.25) is 0 Å². The van der Waals surface area contributed by atoms with Gasteiger partial charge in [0.25, 0.3) is 5.91 Å². The van der Waals surface area contributed by atoms with E-state index in [1.807, 2.05) is 6.92 Å². The second-order valence-electron chi connectivity index (χ2n) is 10.7. The minimum Gasteiger partial charge on any atom is -0.506 e. The number of aliphatic hydroxyl groups is 1. The fourth-order valence-corrected chi connectivity index (χ4v) is 6.42. The number of phenolic OH excluding ortho intramolecular Hbond substituents is 1. The SMILES string of the molecule is CCCN(CC)C(=O)c1cc(N(C)C)c2c(c1O)C(=O)C1C(=O)[C@]3(O)C(=O)C(C(N)=O)C(=O)C[C@@H]3C[C@@H]1C2. The Hall–Kier alpha value is -3.60. The number of anilines is 1. The molecule has 1 aromatic carbocycles. The molecule has 2 fully saturated rings. The molecule has 3 aliphatic rings. The van der Waals surface area contributed by atoms with Gasteiger partial charge in [0.15, 0.2) is 34.7 Å². The molecule has 38 heavy (non-hydrogen) atoms. The molecule has 0 radical (unpaired) electrons. The summed E-state index contributed by atoms with van der Waals surface area (Å²) < 4.78 is 0. The van der Waals surface area contributed by atoms with Crippen molar-refractivity contribution in [2.24, 2.45) is 29.4 Å². The standard InChI is InChI=1S/C27H33N3O8/c1-5-7-30(6-2)26(37)15-11-16(29(3)4)14-9-12-8-13-10-17(31)20(25(28)36)24(35)27(13,38)23(34)18(12)22(33)19(14)21(15)32/h11-13,18,20,32,38H,5-10H2,1-4H3,(H2,28,36)/t12-,13+,18?,20?,27+/m1/s1. The minimum atomic E-state index is -2.71. The number of nitrogens with zero attached hydrogens (tertiary/aromatic N) is 2. The summed E-state index contributed by atoms with van der Waals surface area (Å²) in [6.45, 7) is 4.53. The normalized spacial score (nSPS) is 28.3. The van der Waals surface area contributed by atoms with E-state index in [9.17, 15) is 39.0 Å². The Kier molecular flexibility index (Phi) is 6.94. The quantitative estimate of drug-likeness (QED) is 0.438. The summed E-state index contributed by atoms with van der Waals surface area (Å²) >= 11 is 0. The van der Waals surface area contributed by atoms with Crippen molar-refractivity contribution in [2.75, 3.05) is 32.1 Å². The summed E-state index contributed by atoms with van der Waals surface area (Å²) in [7, 11) is 3.46. The van der Waals surface area contributed by atoms with Crippen LogP contribution < -0.4 is 10.6 Å². The number of fused-ring (bicyclic) bond motifs is 3. The third kappa shape index (κ3) is 3.82. The molecule has 5 atom stereocenters. The molecular formula is C27H33N3O8. The molecule has 0 heterocycles. The summed E-state index contributed by atoms with van der Waals surface area (Å²) in [6, 6.07) is 1.54. The molecule has 11 nitrogen and oxygen atoms in total.